The average Bonchev–Trinajstić information content (AvgIpc) is 3.27. The van der Waals surface area contributed by atoms with Gasteiger partial charge in [-0.2, -0.15) is 0 Å². The number of thiocarbonyl (C=S) groups is 1. The number of para-hydroxylation sites is 2. The highest BCUT2D eigenvalue weighted by molar-refractivity contribution is 7.80. The number of halogens is 1. The Hall–Kier alpha value is -3.51. The molecule has 4 aromatic rings. The van der Waals surface area contributed by atoms with E-state index in [4.69, 9.17) is 12.2 Å². The van der Waals surface area contributed by atoms with Gasteiger partial charge in [0.25, 0.3) is 0 Å². The molecule has 2 atom stereocenters. The van der Waals surface area contributed by atoms with Crippen molar-refractivity contribution >= 4 is 23.0 Å². The van der Waals surface area contributed by atoms with Crippen LogP contribution in [0.1, 0.15) is 40.3 Å². The van der Waals surface area contributed by atoms with Gasteiger partial charge in [0.2, 0.25) is 0 Å². The summed E-state index contributed by atoms with van der Waals surface area (Å²) in [5.41, 5.74) is 6.98. The quantitative estimate of drug-likeness (QED) is 0.376. The van der Waals surface area contributed by atoms with Crippen LogP contribution in [0.3, 0.4) is 0 Å². The van der Waals surface area contributed by atoms with Gasteiger partial charge in [-0.1, -0.05) is 36.4 Å². The Morgan fingerprint density at radius 2 is 1.58 bits per heavy atom. The molecule has 1 aliphatic rings. The van der Waals surface area contributed by atoms with Crippen molar-refractivity contribution in [3.63, 3.8) is 0 Å². The first-order valence-electron chi connectivity index (χ1n) is 11.0. The van der Waals surface area contributed by atoms with E-state index in [9.17, 15) is 0 Å². The zero-order chi connectivity index (χ0) is 23.1. The predicted molar refractivity (Wildman–Crippen MR) is 134 cm³/mol. The first kappa shape index (κ1) is 21.3. The molecule has 0 saturated carbocycles. The van der Waals surface area contributed by atoms with Crippen LogP contribution in [0.5, 0.6) is 0 Å². The largest absolute Gasteiger partial charge is 0.351 e. The monoisotopic (exact) mass is 456 g/mol. The molecule has 0 aliphatic carbocycles. The molecule has 1 aliphatic heterocycles. The van der Waals surface area contributed by atoms with Crippen LogP contribution in [-0.4, -0.2) is 14.7 Å². The second kappa shape index (κ2) is 8.45. The van der Waals surface area contributed by atoms with Crippen LogP contribution in [0, 0.1) is 26.6 Å². The Labute approximate surface area is 198 Å². The smallest absolute Gasteiger partial charge is 0.174 e. The Bertz CT molecular complexity index is 1320. The molecule has 1 N–H and O–H groups in total. The Morgan fingerprint density at radius 1 is 0.879 bits per heavy atom. The third-order valence-corrected chi connectivity index (χ3v) is 6.84. The third-order valence-electron chi connectivity index (χ3n) is 6.53. The highest BCUT2D eigenvalue weighted by Crippen LogP contribution is 2.45. The van der Waals surface area contributed by atoms with E-state index in [-0.39, 0.29) is 17.9 Å². The molecule has 166 valence electrons. The average molecular weight is 457 g/mol. The van der Waals surface area contributed by atoms with Crippen LogP contribution in [0.4, 0.5) is 10.1 Å². The van der Waals surface area contributed by atoms with Crippen molar-refractivity contribution in [2.75, 3.05) is 4.90 Å². The van der Waals surface area contributed by atoms with Crippen molar-refractivity contribution < 1.29 is 4.39 Å². The van der Waals surface area contributed by atoms with Crippen molar-refractivity contribution in [2.45, 2.75) is 32.9 Å². The van der Waals surface area contributed by atoms with Crippen LogP contribution < -0.4 is 10.2 Å². The molecular formula is C27H25FN4S. The highest BCUT2D eigenvalue weighted by Gasteiger charge is 2.44. The van der Waals surface area contributed by atoms with E-state index in [1.165, 1.54) is 6.07 Å². The molecule has 1 saturated heterocycles. The summed E-state index contributed by atoms with van der Waals surface area (Å²) >= 11 is 5.77. The molecule has 2 aromatic carbocycles. The maximum atomic E-state index is 15.0. The van der Waals surface area contributed by atoms with Crippen LogP contribution in [-0.2, 0) is 0 Å². The van der Waals surface area contributed by atoms with Crippen molar-refractivity contribution in [3.8, 4) is 5.69 Å². The van der Waals surface area contributed by atoms with Gasteiger partial charge in [-0.3, -0.25) is 4.98 Å². The minimum absolute atomic E-state index is 0.221. The fourth-order valence-electron chi connectivity index (χ4n) is 4.96. The van der Waals surface area contributed by atoms with E-state index in [0.29, 0.717) is 10.8 Å². The highest BCUT2D eigenvalue weighted by atomic mass is 32.1. The number of nitrogens with one attached hydrogen (secondary N) is 1. The van der Waals surface area contributed by atoms with Gasteiger partial charge in [-0.15, -0.1) is 0 Å². The van der Waals surface area contributed by atoms with E-state index in [1.54, 1.807) is 18.3 Å². The second-order valence-electron chi connectivity index (χ2n) is 8.33. The maximum absolute atomic E-state index is 15.0. The second-order valence-corrected chi connectivity index (χ2v) is 8.72. The zero-order valence-electron chi connectivity index (χ0n) is 18.8. The molecule has 0 spiro atoms. The molecular weight excluding hydrogens is 431 g/mol. The summed E-state index contributed by atoms with van der Waals surface area (Å²) in [4.78, 5) is 6.53. The van der Waals surface area contributed by atoms with Gasteiger partial charge >= 0.3 is 0 Å². The van der Waals surface area contributed by atoms with Crippen molar-refractivity contribution in [2.24, 2.45) is 0 Å². The standard InChI is InChI=1S/C27H25FN4S/c1-17-18(2)31(20-11-5-4-6-12-20)19(3)24(17)26-25(22-14-9-10-16-29-22)30-27(33)32(26)23-15-8-7-13-21(23)28/h4-16,25-26H,1-3H3,(H,30,33)/t25-,26-/m1/s1. The van der Waals surface area contributed by atoms with Crippen molar-refractivity contribution in [1.29, 1.82) is 0 Å². The molecule has 2 aromatic heterocycles. The van der Waals surface area contributed by atoms with Crippen LogP contribution in [0.2, 0.25) is 0 Å². The molecule has 3 heterocycles. The molecule has 0 unspecified atom stereocenters. The van der Waals surface area contributed by atoms with Gasteiger partial charge in [-0.25, -0.2) is 4.39 Å². The molecule has 5 rings (SSSR count). The molecule has 1 fully saturated rings. The van der Waals surface area contributed by atoms with Gasteiger partial charge in [-0.05, 0) is 75.0 Å². The molecule has 33 heavy (non-hydrogen) atoms. The van der Waals surface area contributed by atoms with E-state index < -0.39 is 0 Å². The minimum atomic E-state index is -0.303. The summed E-state index contributed by atoms with van der Waals surface area (Å²) in [6.07, 6.45) is 1.78. The van der Waals surface area contributed by atoms with Crippen molar-refractivity contribution in [1.82, 2.24) is 14.9 Å². The normalized spacial score (nSPS) is 17.9. The number of hydrogen-bond donors (Lipinski definition) is 1. The van der Waals surface area contributed by atoms with E-state index in [0.717, 1.165) is 33.9 Å². The molecule has 0 bridgehead atoms. The Kier molecular flexibility index (Phi) is 5.46. The van der Waals surface area contributed by atoms with Gasteiger partial charge in [0.1, 0.15) is 5.82 Å². The molecule has 0 radical (unpaired) electrons. The van der Waals surface area contributed by atoms with Gasteiger partial charge in [0.05, 0.1) is 23.5 Å². The van der Waals surface area contributed by atoms with Gasteiger partial charge in [0, 0.05) is 28.8 Å². The lowest BCUT2D eigenvalue weighted by atomic mass is 9.93. The number of nitrogens with zero attached hydrogens (tertiary/aromatic N) is 3. The molecule has 4 nitrogen and oxygen atoms in total. The molecule has 6 heteroatoms. The Morgan fingerprint density at radius 3 is 2.27 bits per heavy atom. The lowest BCUT2D eigenvalue weighted by molar-refractivity contribution is 0.554. The van der Waals surface area contributed by atoms with Crippen LogP contribution >= 0.6 is 12.2 Å². The number of rotatable bonds is 4. The van der Waals surface area contributed by atoms with Gasteiger partial charge < -0.3 is 14.8 Å². The first-order chi connectivity index (χ1) is 16.0. The molecule has 0 amide bonds. The van der Waals surface area contributed by atoms with E-state index in [2.05, 4.69) is 47.8 Å². The first-order valence-corrected chi connectivity index (χ1v) is 11.4. The fraction of sp³-hybridized carbons (Fsp3) is 0.185. The number of benzene rings is 2. The summed E-state index contributed by atoms with van der Waals surface area (Å²) in [5.74, 6) is -0.303. The van der Waals surface area contributed by atoms with E-state index in [1.807, 2.05) is 47.4 Å². The summed E-state index contributed by atoms with van der Waals surface area (Å²) in [5, 5.41) is 3.93. The SMILES string of the molecule is Cc1c([C@@H]2[C@@H](c3ccccn3)NC(=S)N2c2ccccc2F)c(C)n(-c2ccccc2)c1C. The van der Waals surface area contributed by atoms with Crippen LogP contribution in [0.15, 0.2) is 79.0 Å². The lowest BCUT2D eigenvalue weighted by Crippen LogP contribution is -2.30. The number of aromatic nitrogens is 2. The number of anilines is 1. The zero-order valence-corrected chi connectivity index (χ0v) is 19.6. The minimum Gasteiger partial charge on any atom is -0.351 e. The van der Waals surface area contributed by atoms with Crippen LogP contribution in [0.25, 0.3) is 5.69 Å². The summed E-state index contributed by atoms with van der Waals surface area (Å²) in [6.45, 7) is 6.38. The number of hydrogen-bond acceptors (Lipinski definition) is 2. The summed E-state index contributed by atoms with van der Waals surface area (Å²) in [6, 6.07) is 22.5. The van der Waals surface area contributed by atoms with E-state index >= 15 is 4.39 Å². The predicted octanol–water partition coefficient (Wildman–Crippen LogP) is 6.11. The Balaban J connectivity index is 1.75. The summed E-state index contributed by atoms with van der Waals surface area (Å²) < 4.78 is 17.3. The van der Waals surface area contributed by atoms with Crippen molar-refractivity contribution in [3.05, 3.63) is 113 Å². The third kappa shape index (κ3) is 3.51. The number of pyridine rings is 1. The maximum Gasteiger partial charge on any atom is 0.174 e. The fourth-order valence-corrected chi connectivity index (χ4v) is 5.30. The topological polar surface area (TPSA) is 33.1 Å². The summed E-state index contributed by atoms with van der Waals surface area (Å²) in [7, 11) is 0. The lowest BCUT2D eigenvalue weighted by Gasteiger charge is -2.29. The van der Waals surface area contributed by atoms with Gasteiger partial charge in [0.15, 0.2) is 5.11 Å².